The minimum absolute atomic E-state index is 0.585. The van der Waals surface area contributed by atoms with E-state index in [0.29, 0.717) is 5.41 Å². The molecule has 0 saturated carbocycles. The Balaban J connectivity index is 1.90. The van der Waals surface area contributed by atoms with Crippen molar-refractivity contribution >= 4 is 0 Å². The van der Waals surface area contributed by atoms with E-state index in [1.807, 2.05) is 0 Å². The quantitative estimate of drug-likeness (QED) is 0.568. The van der Waals surface area contributed by atoms with Gasteiger partial charge in [0, 0.05) is 6.61 Å². The smallest absolute Gasteiger partial charge is 0.0523 e. The molecule has 0 radical (unpaired) electrons. The van der Waals surface area contributed by atoms with Crippen LogP contribution >= 0.6 is 0 Å². The van der Waals surface area contributed by atoms with Crippen LogP contribution in [0.1, 0.15) is 32.1 Å². The van der Waals surface area contributed by atoms with Crippen LogP contribution in [-0.4, -0.2) is 38.3 Å². The van der Waals surface area contributed by atoms with Crippen LogP contribution in [0.4, 0.5) is 0 Å². The zero-order chi connectivity index (χ0) is 9.15. The second-order valence-electron chi connectivity index (χ2n) is 4.81. The highest BCUT2D eigenvalue weighted by molar-refractivity contribution is 4.84. The molecule has 0 aliphatic carbocycles. The third-order valence-corrected chi connectivity index (χ3v) is 3.68. The first-order chi connectivity index (χ1) is 6.31. The number of hydrogen-bond acceptors (Lipinski definition) is 2. The van der Waals surface area contributed by atoms with E-state index in [-0.39, 0.29) is 0 Å². The van der Waals surface area contributed by atoms with Crippen molar-refractivity contribution in [2.45, 2.75) is 32.1 Å². The van der Waals surface area contributed by atoms with Gasteiger partial charge >= 0.3 is 0 Å². The molecule has 0 atom stereocenters. The van der Waals surface area contributed by atoms with Gasteiger partial charge in [0.05, 0.1) is 6.61 Å². The lowest BCUT2D eigenvalue weighted by atomic mass is 9.77. The van der Waals surface area contributed by atoms with Gasteiger partial charge in [-0.1, -0.05) is 0 Å². The number of ether oxygens (including phenoxy) is 1. The van der Waals surface area contributed by atoms with Crippen molar-refractivity contribution in [2.75, 3.05) is 33.4 Å². The highest BCUT2D eigenvalue weighted by Crippen LogP contribution is 2.39. The Hall–Kier alpha value is -0.0800. The van der Waals surface area contributed by atoms with E-state index in [9.17, 15) is 0 Å². The van der Waals surface area contributed by atoms with Gasteiger partial charge in [0.15, 0.2) is 0 Å². The predicted molar refractivity (Wildman–Crippen MR) is 53.8 cm³/mol. The fraction of sp³-hybridized carbons (Fsp3) is 1.00. The summed E-state index contributed by atoms with van der Waals surface area (Å²) in [6.45, 7) is 4.61. The Bertz CT molecular complexity index is 151. The molecule has 2 heterocycles. The summed E-state index contributed by atoms with van der Waals surface area (Å²) in [5, 5.41) is 0. The first-order valence-electron chi connectivity index (χ1n) is 5.57. The van der Waals surface area contributed by atoms with Crippen molar-refractivity contribution in [3.8, 4) is 0 Å². The molecule has 0 bridgehead atoms. The lowest BCUT2D eigenvalue weighted by Gasteiger charge is -2.32. The summed E-state index contributed by atoms with van der Waals surface area (Å²) in [4.78, 5) is 2.46. The van der Waals surface area contributed by atoms with Gasteiger partial charge in [0.2, 0.25) is 0 Å². The molecule has 2 saturated heterocycles. The van der Waals surface area contributed by atoms with Gasteiger partial charge in [-0.25, -0.2) is 0 Å². The zero-order valence-corrected chi connectivity index (χ0v) is 8.72. The molecule has 0 amide bonds. The third kappa shape index (κ3) is 2.23. The molecule has 2 fully saturated rings. The van der Waals surface area contributed by atoms with Crippen LogP contribution in [0.25, 0.3) is 0 Å². The Morgan fingerprint density at radius 3 is 2.31 bits per heavy atom. The summed E-state index contributed by atoms with van der Waals surface area (Å²) in [5.41, 5.74) is 0.585. The molecular formula is C11H21NO. The van der Waals surface area contributed by atoms with E-state index in [4.69, 9.17) is 4.74 Å². The minimum Gasteiger partial charge on any atom is -0.381 e. The van der Waals surface area contributed by atoms with Gasteiger partial charge in [0.1, 0.15) is 0 Å². The van der Waals surface area contributed by atoms with Crippen LogP contribution in [0.15, 0.2) is 0 Å². The van der Waals surface area contributed by atoms with Crippen LogP contribution in [0.2, 0.25) is 0 Å². The standard InChI is InChI=1S/C11H21NO/c1-12-7-2-4-11(5-3-8-12)6-9-13-10-11/h2-10H2,1H3. The molecule has 2 heteroatoms. The molecule has 1 spiro atoms. The molecule has 0 aromatic rings. The molecule has 0 aromatic carbocycles. The largest absolute Gasteiger partial charge is 0.381 e. The molecule has 76 valence electrons. The second kappa shape index (κ2) is 3.97. The lowest BCUT2D eigenvalue weighted by Crippen LogP contribution is -2.30. The Kier molecular flexibility index (Phi) is 2.89. The predicted octanol–water partition coefficient (Wildman–Crippen LogP) is 1.90. The first kappa shape index (κ1) is 9.47. The van der Waals surface area contributed by atoms with Gasteiger partial charge < -0.3 is 9.64 Å². The molecule has 13 heavy (non-hydrogen) atoms. The fourth-order valence-electron chi connectivity index (χ4n) is 2.73. The highest BCUT2D eigenvalue weighted by atomic mass is 16.5. The molecule has 2 rings (SSSR count). The maximum Gasteiger partial charge on any atom is 0.0523 e. The molecule has 2 nitrogen and oxygen atoms in total. The van der Waals surface area contributed by atoms with Crippen LogP contribution in [0.3, 0.4) is 0 Å². The summed E-state index contributed by atoms with van der Waals surface area (Å²) >= 11 is 0. The number of hydrogen-bond donors (Lipinski definition) is 0. The van der Waals surface area contributed by atoms with Crippen LogP contribution < -0.4 is 0 Å². The molecule has 0 aromatic heterocycles. The minimum atomic E-state index is 0.585. The van der Waals surface area contributed by atoms with Gasteiger partial charge in [-0.2, -0.15) is 0 Å². The van der Waals surface area contributed by atoms with Crippen molar-refractivity contribution in [1.82, 2.24) is 4.90 Å². The fourth-order valence-corrected chi connectivity index (χ4v) is 2.73. The van der Waals surface area contributed by atoms with Crippen molar-refractivity contribution in [3.63, 3.8) is 0 Å². The first-order valence-corrected chi connectivity index (χ1v) is 5.57. The number of likely N-dealkylation sites (tertiary alicyclic amines) is 1. The van der Waals surface area contributed by atoms with Crippen molar-refractivity contribution in [1.29, 1.82) is 0 Å². The van der Waals surface area contributed by atoms with Crippen LogP contribution in [0.5, 0.6) is 0 Å². The molecule has 0 unspecified atom stereocenters. The number of nitrogens with zero attached hydrogens (tertiary/aromatic N) is 1. The van der Waals surface area contributed by atoms with Crippen LogP contribution in [-0.2, 0) is 4.74 Å². The van der Waals surface area contributed by atoms with Crippen molar-refractivity contribution in [2.24, 2.45) is 5.41 Å². The van der Waals surface area contributed by atoms with E-state index in [1.165, 1.54) is 45.2 Å². The average Bonchev–Trinajstić information content (AvgIpc) is 2.51. The van der Waals surface area contributed by atoms with Crippen molar-refractivity contribution < 1.29 is 4.74 Å². The maximum atomic E-state index is 5.55. The topological polar surface area (TPSA) is 12.5 Å². The van der Waals surface area contributed by atoms with E-state index >= 15 is 0 Å². The Labute approximate surface area is 81.3 Å². The summed E-state index contributed by atoms with van der Waals surface area (Å²) in [5.74, 6) is 0. The van der Waals surface area contributed by atoms with E-state index in [1.54, 1.807) is 0 Å². The number of rotatable bonds is 0. The van der Waals surface area contributed by atoms with Gasteiger partial charge in [-0.15, -0.1) is 0 Å². The van der Waals surface area contributed by atoms with Crippen LogP contribution in [0, 0.1) is 5.41 Å². The Morgan fingerprint density at radius 1 is 1.08 bits per heavy atom. The van der Waals surface area contributed by atoms with Gasteiger partial charge in [-0.3, -0.25) is 0 Å². The van der Waals surface area contributed by atoms with Gasteiger partial charge in [0.25, 0.3) is 0 Å². The summed E-state index contributed by atoms with van der Waals surface area (Å²) in [6.07, 6.45) is 6.81. The van der Waals surface area contributed by atoms with E-state index < -0.39 is 0 Å². The molecule has 0 N–H and O–H groups in total. The Morgan fingerprint density at radius 2 is 1.77 bits per heavy atom. The monoisotopic (exact) mass is 183 g/mol. The summed E-state index contributed by atoms with van der Waals surface area (Å²) in [6, 6.07) is 0. The molecule has 2 aliphatic rings. The molecule has 2 aliphatic heterocycles. The zero-order valence-electron chi connectivity index (χ0n) is 8.72. The average molecular weight is 183 g/mol. The van der Waals surface area contributed by atoms with Gasteiger partial charge in [-0.05, 0) is 57.7 Å². The highest BCUT2D eigenvalue weighted by Gasteiger charge is 2.34. The third-order valence-electron chi connectivity index (χ3n) is 3.68. The lowest BCUT2D eigenvalue weighted by molar-refractivity contribution is 0.121. The SMILES string of the molecule is CN1CCCC2(CCC1)CCOC2. The summed E-state index contributed by atoms with van der Waals surface area (Å²) in [7, 11) is 2.24. The van der Waals surface area contributed by atoms with E-state index in [0.717, 1.165) is 13.2 Å². The van der Waals surface area contributed by atoms with Crippen molar-refractivity contribution in [3.05, 3.63) is 0 Å². The summed E-state index contributed by atoms with van der Waals surface area (Å²) < 4.78 is 5.55. The second-order valence-corrected chi connectivity index (χ2v) is 4.81. The van der Waals surface area contributed by atoms with E-state index in [2.05, 4.69) is 11.9 Å². The normalized spacial score (nSPS) is 30.2. The maximum absolute atomic E-state index is 5.55. The molecular weight excluding hydrogens is 162 g/mol.